The van der Waals surface area contributed by atoms with E-state index in [1.807, 2.05) is 0 Å². The highest BCUT2D eigenvalue weighted by molar-refractivity contribution is 5.35. The van der Waals surface area contributed by atoms with E-state index in [4.69, 9.17) is 0 Å². The Morgan fingerprint density at radius 3 is 2.60 bits per heavy atom. The number of piperidine rings is 1. The Bertz CT molecular complexity index is 757. The third kappa shape index (κ3) is 3.19. The fraction of sp³-hybridized carbons (Fsp3) is 0.778. The van der Waals surface area contributed by atoms with Crippen molar-refractivity contribution in [2.45, 2.75) is 71.0 Å². The molecule has 30 heavy (non-hydrogen) atoms. The van der Waals surface area contributed by atoms with Gasteiger partial charge in [-0.15, -0.1) is 0 Å². The first-order valence-corrected chi connectivity index (χ1v) is 12.9. The lowest BCUT2D eigenvalue weighted by atomic mass is 9.45. The summed E-state index contributed by atoms with van der Waals surface area (Å²) >= 11 is 0. The zero-order valence-electron chi connectivity index (χ0n) is 19.2. The first-order chi connectivity index (χ1) is 14.6. The molecule has 0 radical (unpaired) electrons. The van der Waals surface area contributed by atoms with E-state index in [2.05, 4.69) is 53.2 Å². The van der Waals surface area contributed by atoms with E-state index < -0.39 is 0 Å². The van der Waals surface area contributed by atoms with Crippen LogP contribution in [-0.2, 0) is 6.54 Å². The lowest BCUT2D eigenvalue weighted by Crippen LogP contribution is -2.55. The van der Waals surface area contributed by atoms with Gasteiger partial charge in [0, 0.05) is 31.7 Å². The highest BCUT2D eigenvalue weighted by Gasteiger charge is 2.54. The van der Waals surface area contributed by atoms with Gasteiger partial charge >= 0.3 is 0 Å². The van der Waals surface area contributed by atoms with Crippen molar-refractivity contribution in [1.82, 2.24) is 15.1 Å². The summed E-state index contributed by atoms with van der Waals surface area (Å²) in [5.74, 6) is 3.83. The number of likely N-dealkylation sites (tertiary alicyclic amines) is 1. The number of hydrogen-bond acceptors (Lipinski definition) is 3. The fourth-order valence-corrected chi connectivity index (χ4v) is 8.21. The van der Waals surface area contributed by atoms with Crippen LogP contribution >= 0.6 is 0 Å². The van der Waals surface area contributed by atoms with Gasteiger partial charge in [0.15, 0.2) is 0 Å². The van der Waals surface area contributed by atoms with Crippen molar-refractivity contribution < 1.29 is 0 Å². The summed E-state index contributed by atoms with van der Waals surface area (Å²) in [6, 6.07) is 10.7. The molecular formula is C27H41N3. The number of hydrogen-bond donors (Lipinski definition) is 1. The van der Waals surface area contributed by atoms with Crippen LogP contribution in [0, 0.1) is 29.1 Å². The lowest BCUT2D eigenvalue weighted by Gasteiger charge is -2.61. The second-order valence-electron chi connectivity index (χ2n) is 11.8. The van der Waals surface area contributed by atoms with Crippen LogP contribution in [0.3, 0.4) is 0 Å². The number of fused-ring (bicyclic) bond motifs is 3. The molecule has 5 fully saturated rings. The number of nitrogens with zero attached hydrogens (tertiary/aromatic N) is 2. The molecule has 2 bridgehead atoms. The number of rotatable bonds is 4. The molecule has 1 unspecified atom stereocenters. The molecule has 3 saturated carbocycles. The van der Waals surface area contributed by atoms with Crippen LogP contribution in [0.1, 0.15) is 69.5 Å². The van der Waals surface area contributed by atoms with E-state index in [1.54, 1.807) is 11.1 Å². The van der Waals surface area contributed by atoms with Crippen molar-refractivity contribution >= 4 is 0 Å². The van der Waals surface area contributed by atoms with Gasteiger partial charge in [0.2, 0.25) is 0 Å². The predicted octanol–water partition coefficient (Wildman–Crippen LogP) is 4.69. The highest BCUT2D eigenvalue weighted by Crippen LogP contribution is 2.61. The van der Waals surface area contributed by atoms with E-state index in [0.717, 1.165) is 29.7 Å². The zero-order valence-corrected chi connectivity index (χ0v) is 19.2. The topological polar surface area (TPSA) is 18.5 Å². The molecule has 0 spiro atoms. The van der Waals surface area contributed by atoms with Crippen LogP contribution in [0.15, 0.2) is 24.3 Å². The number of benzene rings is 1. The standard InChI is InChI=1S/C27H41N3/c1-27(2)22-8-7-21(25(27)15-22)17-29-13-10-19(11-14-29)26-24-6-4-3-5-20(24)18-30(26)23-9-12-28-16-23/h3-6,19,21-23,25-26,28H,7-18H2,1-2H3/t21-,22-,23+,25+,26?/m0/s1. The smallest absolute Gasteiger partial charge is 0.0387 e. The number of nitrogens with one attached hydrogen (secondary N) is 1. The monoisotopic (exact) mass is 407 g/mol. The molecule has 7 rings (SSSR count). The van der Waals surface area contributed by atoms with Crippen LogP contribution in [-0.4, -0.2) is 48.6 Å². The minimum Gasteiger partial charge on any atom is -0.315 e. The van der Waals surface area contributed by atoms with Crippen molar-refractivity contribution in [1.29, 1.82) is 0 Å². The average molecular weight is 408 g/mol. The van der Waals surface area contributed by atoms with Gasteiger partial charge in [-0.05, 0) is 98.4 Å². The minimum absolute atomic E-state index is 0.630. The van der Waals surface area contributed by atoms with Gasteiger partial charge in [-0.3, -0.25) is 4.90 Å². The molecule has 164 valence electrons. The summed E-state index contributed by atoms with van der Waals surface area (Å²) in [6.07, 6.45) is 8.61. The molecule has 3 nitrogen and oxygen atoms in total. The third-order valence-electron chi connectivity index (χ3n) is 10.2. The summed E-state index contributed by atoms with van der Waals surface area (Å²) in [5.41, 5.74) is 3.88. The van der Waals surface area contributed by atoms with E-state index in [0.29, 0.717) is 11.5 Å². The largest absolute Gasteiger partial charge is 0.315 e. The van der Waals surface area contributed by atoms with Crippen molar-refractivity contribution in [3.63, 3.8) is 0 Å². The van der Waals surface area contributed by atoms with E-state index in [-0.39, 0.29) is 0 Å². The van der Waals surface area contributed by atoms with Gasteiger partial charge in [0.05, 0.1) is 0 Å². The van der Waals surface area contributed by atoms with Gasteiger partial charge in [0.1, 0.15) is 0 Å². The second kappa shape index (κ2) is 7.60. The maximum absolute atomic E-state index is 3.62. The van der Waals surface area contributed by atoms with Crippen molar-refractivity contribution in [2.75, 3.05) is 32.7 Å². The Balaban J connectivity index is 1.12. The Morgan fingerprint density at radius 1 is 1.03 bits per heavy atom. The van der Waals surface area contributed by atoms with Crippen LogP contribution in [0.25, 0.3) is 0 Å². The Morgan fingerprint density at radius 2 is 1.87 bits per heavy atom. The normalized spacial score (nSPS) is 39.1. The molecule has 2 saturated heterocycles. The molecule has 5 atom stereocenters. The van der Waals surface area contributed by atoms with E-state index in [1.165, 1.54) is 77.8 Å². The molecule has 3 aliphatic heterocycles. The third-order valence-corrected chi connectivity index (χ3v) is 10.2. The van der Waals surface area contributed by atoms with Crippen molar-refractivity contribution in [2.24, 2.45) is 29.1 Å². The molecule has 3 heteroatoms. The Kier molecular flexibility index (Phi) is 5.01. The predicted molar refractivity (Wildman–Crippen MR) is 123 cm³/mol. The van der Waals surface area contributed by atoms with Crippen LogP contribution in [0.4, 0.5) is 0 Å². The Labute approximate surface area is 183 Å². The maximum Gasteiger partial charge on any atom is 0.0387 e. The molecule has 3 aliphatic carbocycles. The van der Waals surface area contributed by atoms with Gasteiger partial charge < -0.3 is 10.2 Å². The average Bonchev–Trinajstić information content (AvgIpc) is 3.42. The lowest BCUT2D eigenvalue weighted by molar-refractivity contribution is -0.113. The van der Waals surface area contributed by atoms with Gasteiger partial charge in [0.25, 0.3) is 0 Å². The molecule has 3 heterocycles. The molecular weight excluding hydrogens is 366 g/mol. The van der Waals surface area contributed by atoms with Crippen LogP contribution < -0.4 is 5.32 Å². The van der Waals surface area contributed by atoms with Gasteiger partial charge in [-0.1, -0.05) is 38.1 Å². The maximum atomic E-state index is 3.62. The van der Waals surface area contributed by atoms with Gasteiger partial charge in [-0.2, -0.15) is 0 Å². The summed E-state index contributed by atoms with van der Waals surface area (Å²) in [4.78, 5) is 5.72. The SMILES string of the molecule is CC1(C)[C@H]2CC[C@@H](CN3CCC(C4c5ccccc5CN4[C@@H]4CCNC4)CC3)[C@H]1C2. The van der Waals surface area contributed by atoms with E-state index in [9.17, 15) is 0 Å². The van der Waals surface area contributed by atoms with Crippen LogP contribution in [0.2, 0.25) is 0 Å². The molecule has 0 aromatic heterocycles. The first-order valence-electron chi connectivity index (χ1n) is 12.9. The summed E-state index contributed by atoms with van der Waals surface area (Å²) in [7, 11) is 0. The quantitative estimate of drug-likeness (QED) is 0.781. The molecule has 1 aromatic rings. The van der Waals surface area contributed by atoms with E-state index >= 15 is 0 Å². The fourth-order valence-electron chi connectivity index (χ4n) is 8.21. The Hall–Kier alpha value is -0.900. The first kappa shape index (κ1) is 19.8. The summed E-state index contributed by atoms with van der Waals surface area (Å²) in [6.45, 7) is 12.7. The molecule has 0 amide bonds. The second-order valence-corrected chi connectivity index (χ2v) is 11.8. The summed E-state index contributed by atoms with van der Waals surface area (Å²) in [5, 5.41) is 3.62. The van der Waals surface area contributed by atoms with Crippen molar-refractivity contribution in [3.05, 3.63) is 35.4 Å². The van der Waals surface area contributed by atoms with Crippen LogP contribution in [0.5, 0.6) is 0 Å². The molecule has 1 aromatic carbocycles. The summed E-state index contributed by atoms with van der Waals surface area (Å²) < 4.78 is 0. The minimum atomic E-state index is 0.630. The highest BCUT2D eigenvalue weighted by atomic mass is 15.2. The molecule has 1 N–H and O–H groups in total. The van der Waals surface area contributed by atoms with Gasteiger partial charge in [-0.25, -0.2) is 0 Å². The van der Waals surface area contributed by atoms with Crippen molar-refractivity contribution in [3.8, 4) is 0 Å². The molecule has 6 aliphatic rings. The zero-order chi connectivity index (χ0) is 20.3.